The molecule has 0 bridgehead atoms. The van der Waals surface area contributed by atoms with Gasteiger partial charge < -0.3 is 30.5 Å². The molecule has 0 aromatic heterocycles. The van der Waals surface area contributed by atoms with Gasteiger partial charge in [0.1, 0.15) is 15.9 Å². The molecule has 11 nitrogen and oxygen atoms in total. The lowest BCUT2D eigenvalue weighted by atomic mass is 9.73. The molecule has 2 atom stereocenters. The van der Waals surface area contributed by atoms with E-state index >= 15 is 0 Å². The molecule has 2 saturated heterocycles. The Morgan fingerprint density at radius 3 is 2.33 bits per heavy atom. The zero-order chi connectivity index (χ0) is 23.0. The Hall–Kier alpha value is -1.76. The molecule has 1 spiro atoms. The van der Waals surface area contributed by atoms with Crippen LogP contribution in [0.5, 0.6) is 0 Å². The fourth-order valence-corrected chi connectivity index (χ4v) is 4.42. The van der Waals surface area contributed by atoms with Gasteiger partial charge in [-0.05, 0) is 26.2 Å². The van der Waals surface area contributed by atoms with Crippen molar-refractivity contribution in [2.75, 3.05) is 44.8 Å². The van der Waals surface area contributed by atoms with Crippen LogP contribution in [-0.2, 0) is 29.0 Å². The van der Waals surface area contributed by atoms with Gasteiger partial charge in [0.2, 0.25) is 11.8 Å². The molecule has 12 heteroatoms. The van der Waals surface area contributed by atoms with Gasteiger partial charge in [-0.15, -0.1) is 0 Å². The molecular formula is C18H33N3O8S. The molecular weight excluding hydrogens is 418 g/mol. The number of sulfone groups is 1. The van der Waals surface area contributed by atoms with Crippen molar-refractivity contribution in [1.82, 2.24) is 15.5 Å². The minimum absolute atomic E-state index is 0.111. The molecule has 2 aliphatic heterocycles. The van der Waals surface area contributed by atoms with E-state index in [2.05, 4.69) is 15.5 Å². The van der Waals surface area contributed by atoms with E-state index in [-0.39, 0.29) is 30.6 Å². The zero-order valence-electron chi connectivity index (χ0n) is 17.7. The molecule has 0 radical (unpaired) electrons. The van der Waals surface area contributed by atoms with E-state index in [1.165, 1.54) is 13.2 Å². The van der Waals surface area contributed by atoms with Crippen molar-refractivity contribution in [2.45, 2.75) is 50.4 Å². The number of ether oxygens (including phenoxy) is 1. The van der Waals surface area contributed by atoms with Gasteiger partial charge in [0.25, 0.3) is 6.47 Å². The highest BCUT2D eigenvalue weighted by Crippen LogP contribution is 2.39. The van der Waals surface area contributed by atoms with Crippen LogP contribution in [0.15, 0.2) is 0 Å². The molecule has 2 rings (SSSR count). The zero-order valence-corrected chi connectivity index (χ0v) is 18.5. The first kappa shape index (κ1) is 26.3. The Labute approximate surface area is 177 Å². The number of nitrogens with zero attached hydrogens (tertiary/aromatic N) is 1. The number of hydrogen-bond acceptors (Lipinski definition) is 8. The van der Waals surface area contributed by atoms with Crippen LogP contribution < -0.4 is 10.6 Å². The van der Waals surface area contributed by atoms with E-state index in [0.717, 1.165) is 0 Å². The van der Waals surface area contributed by atoms with E-state index in [0.29, 0.717) is 45.5 Å². The van der Waals surface area contributed by atoms with Crippen LogP contribution in [0.25, 0.3) is 0 Å². The third-order valence-corrected chi connectivity index (χ3v) is 6.44. The van der Waals surface area contributed by atoms with Crippen molar-refractivity contribution in [1.29, 1.82) is 0 Å². The fourth-order valence-electron chi connectivity index (χ4n) is 3.83. The quantitative estimate of drug-likeness (QED) is 0.347. The predicted molar refractivity (Wildman–Crippen MR) is 109 cm³/mol. The molecule has 4 N–H and O–H groups in total. The van der Waals surface area contributed by atoms with Crippen molar-refractivity contribution in [2.24, 2.45) is 0 Å². The summed E-state index contributed by atoms with van der Waals surface area (Å²) < 4.78 is 28.7. The Morgan fingerprint density at radius 2 is 1.83 bits per heavy atom. The van der Waals surface area contributed by atoms with Gasteiger partial charge in [0, 0.05) is 39.4 Å². The largest absolute Gasteiger partial charge is 0.483 e. The smallest absolute Gasteiger partial charge is 0.290 e. The third-order valence-electron chi connectivity index (χ3n) is 5.52. The summed E-state index contributed by atoms with van der Waals surface area (Å²) in [7, 11) is -3.01. The molecule has 2 amide bonds. The maximum Gasteiger partial charge on any atom is 0.290 e. The normalized spacial score (nSPS) is 26.2. The van der Waals surface area contributed by atoms with Crippen molar-refractivity contribution >= 4 is 28.1 Å². The number of carboxylic acid groups (broad SMARTS) is 1. The van der Waals surface area contributed by atoms with E-state index in [4.69, 9.17) is 14.6 Å². The second-order valence-corrected chi connectivity index (χ2v) is 10.3. The summed E-state index contributed by atoms with van der Waals surface area (Å²) in [5.41, 5.74) is -1.60. The Morgan fingerprint density at radius 1 is 1.27 bits per heavy atom. The molecule has 0 unspecified atom stereocenters. The van der Waals surface area contributed by atoms with E-state index in [1.807, 2.05) is 0 Å². The number of aliphatic hydroxyl groups excluding tert-OH is 1. The molecule has 2 heterocycles. The number of rotatable bonds is 6. The monoisotopic (exact) mass is 451 g/mol. The molecule has 30 heavy (non-hydrogen) atoms. The van der Waals surface area contributed by atoms with Crippen molar-refractivity contribution in [3.63, 3.8) is 0 Å². The molecule has 2 fully saturated rings. The summed E-state index contributed by atoms with van der Waals surface area (Å²) in [5, 5.41) is 23.2. The number of nitrogens with one attached hydrogen (secondary N) is 2. The average molecular weight is 452 g/mol. The first-order valence-corrected chi connectivity index (χ1v) is 11.8. The predicted octanol–water partition coefficient (Wildman–Crippen LogP) is -1.64. The minimum atomic E-state index is -3.01. The third kappa shape index (κ3) is 7.82. The number of aliphatic hydroxyl groups is 1. The van der Waals surface area contributed by atoms with E-state index in [1.54, 1.807) is 6.92 Å². The summed E-state index contributed by atoms with van der Waals surface area (Å²) in [5.74, 6) is -0.532. The number of hydrogen-bond donors (Lipinski definition) is 4. The summed E-state index contributed by atoms with van der Waals surface area (Å²) in [6.45, 7) is 4.89. The van der Waals surface area contributed by atoms with Crippen LogP contribution in [0.4, 0.5) is 0 Å². The summed E-state index contributed by atoms with van der Waals surface area (Å²) in [6.07, 6.45) is 1.93. The fraction of sp³-hybridized carbons (Fsp3) is 0.833. The van der Waals surface area contributed by atoms with Crippen LogP contribution in [0.1, 0.15) is 33.1 Å². The SMILES string of the molecule is CC(=O)NCC(=O)N[C@]1(C)CCOC2(CCN(CCS(C)(=O)=O)CC2)[C@H]1O.O=CO. The lowest BCUT2D eigenvalue weighted by molar-refractivity contribution is -0.207. The van der Waals surface area contributed by atoms with Gasteiger partial charge in [-0.2, -0.15) is 0 Å². The molecule has 174 valence electrons. The molecule has 0 saturated carbocycles. The Balaban J connectivity index is 0.00000141. The van der Waals surface area contributed by atoms with Gasteiger partial charge in [0.15, 0.2) is 0 Å². The lowest BCUT2D eigenvalue weighted by Gasteiger charge is -2.53. The highest BCUT2D eigenvalue weighted by atomic mass is 32.2. The highest BCUT2D eigenvalue weighted by molar-refractivity contribution is 7.90. The first-order valence-electron chi connectivity index (χ1n) is 9.73. The lowest BCUT2D eigenvalue weighted by Crippen LogP contribution is -2.69. The Bertz CT molecular complexity index is 706. The second kappa shape index (κ2) is 11.0. The molecule has 0 aromatic carbocycles. The van der Waals surface area contributed by atoms with Gasteiger partial charge in [0.05, 0.1) is 23.4 Å². The summed E-state index contributed by atoms with van der Waals surface area (Å²) in [6, 6.07) is 0. The number of amides is 2. The van der Waals surface area contributed by atoms with Crippen LogP contribution in [0.3, 0.4) is 0 Å². The maximum atomic E-state index is 12.1. The second-order valence-electron chi connectivity index (χ2n) is 8.02. The van der Waals surface area contributed by atoms with E-state index in [9.17, 15) is 23.1 Å². The summed E-state index contributed by atoms with van der Waals surface area (Å²) in [4.78, 5) is 33.5. The van der Waals surface area contributed by atoms with Gasteiger partial charge >= 0.3 is 0 Å². The first-order chi connectivity index (χ1) is 13.9. The van der Waals surface area contributed by atoms with Gasteiger partial charge in [-0.25, -0.2) is 8.42 Å². The topological polar surface area (TPSA) is 162 Å². The van der Waals surface area contributed by atoms with Crippen molar-refractivity contribution < 1.29 is 37.8 Å². The Kier molecular flexibility index (Phi) is 9.66. The number of piperidine rings is 1. The van der Waals surface area contributed by atoms with Crippen LogP contribution >= 0.6 is 0 Å². The van der Waals surface area contributed by atoms with E-state index < -0.39 is 27.1 Å². The highest BCUT2D eigenvalue weighted by Gasteiger charge is 2.53. The van der Waals surface area contributed by atoms with Gasteiger partial charge in [-0.3, -0.25) is 14.4 Å². The molecule has 0 aliphatic carbocycles. The maximum absolute atomic E-state index is 12.1. The number of carbonyl (C=O) groups excluding carboxylic acids is 2. The van der Waals surface area contributed by atoms with Crippen molar-refractivity contribution in [3.05, 3.63) is 0 Å². The van der Waals surface area contributed by atoms with Crippen molar-refractivity contribution in [3.8, 4) is 0 Å². The average Bonchev–Trinajstić information content (AvgIpc) is 2.64. The number of likely N-dealkylation sites (tertiary alicyclic amines) is 1. The summed E-state index contributed by atoms with van der Waals surface area (Å²) >= 11 is 0. The standard InChI is InChI=1S/C17H31N3O6S.CH2O2/c1-13(21)18-12-14(22)19-16(2)6-10-26-17(15(16)23)4-7-20(8-5-17)9-11-27(3,24)25;2-1-3/h15,23H,4-12H2,1-3H3,(H,18,21)(H,19,22);1H,(H,2,3)/t15-,16+;/m0./s1. The number of carbonyl (C=O) groups is 3. The molecule has 0 aromatic rings. The van der Waals surface area contributed by atoms with Crippen LogP contribution in [0, 0.1) is 0 Å². The minimum Gasteiger partial charge on any atom is -0.483 e. The van der Waals surface area contributed by atoms with Crippen LogP contribution in [0.2, 0.25) is 0 Å². The van der Waals surface area contributed by atoms with Gasteiger partial charge in [-0.1, -0.05) is 0 Å². The van der Waals surface area contributed by atoms with Crippen LogP contribution in [-0.4, -0.2) is 104 Å². The molecule has 2 aliphatic rings.